The Hall–Kier alpha value is -0.850. The van der Waals surface area contributed by atoms with Crippen LogP contribution in [-0.4, -0.2) is 6.54 Å². The van der Waals surface area contributed by atoms with Crippen LogP contribution in [0, 0.1) is 17.5 Å². The number of rotatable bonds is 5. The third-order valence-corrected chi connectivity index (χ3v) is 4.64. The standard InChI is InChI=1S/C14H13BrF3NS/c1-2-19-12(6-9-5-8(15)7-20-9)10-3-4-11(16)14(18)13(10)17/h3-5,7,12,19H,2,6H2,1H3. The normalized spacial score (nSPS) is 12.7. The Balaban J connectivity index is 2.31. The summed E-state index contributed by atoms with van der Waals surface area (Å²) in [6, 6.07) is 3.81. The van der Waals surface area contributed by atoms with Crippen molar-refractivity contribution in [3.05, 3.63) is 55.9 Å². The maximum atomic E-state index is 13.9. The average Bonchev–Trinajstić information content (AvgIpc) is 2.81. The number of hydrogen-bond donors (Lipinski definition) is 1. The zero-order valence-electron chi connectivity index (χ0n) is 10.7. The zero-order chi connectivity index (χ0) is 14.7. The molecule has 1 unspecified atom stereocenters. The van der Waals surface area contributed by atoms with Crippen LogP contribution in [0.25, 0.3) is 0 Å². The molecule has 0 amide bonds. The zero-order valence-corrected chi connectivity index (χ0v) is 13.1. The van der Waals surface area contributed by atoms with Crippen LogP contribution in [0.2, 0.25) is 0 Å². The molecule has 1 nitrogen and oxygen atoms in total. The van der Waals surface area contributed by atoms with Gasteiger partial charge in [-0.3, -0.25) is 0 Å². The summed E-state index contributed by atoms with van der Waals surface area (Å²) in [5, 5.41) is 5.04. The van der Waals surface area contributed by atoms with Crippen molar-refractivity contribution in [1.29, 1.82) is 0 Å². The second kappa shape index (κ2) is 6.74. The molecule has 0 fully saturated rings. The van der Waals surface area contributed by atoms with Crippen molar-refractivity contribution < 1.29 is 13.2 Å². The van der Waals surface area contributed by atoms with Gasteiger partial charge in [-0.05, 0) is 34.6 Å². The summed E-state index contributed by atoms with van der Waals surface area (Å²) in [7, 11) is 0. The van der Waals surface area contributed by atoms with Gasteiger partial charge in [-0.15, -0.1) is 11.3 Å². The van der Waals surface area contributed by atoms with E-state index in [1.165, 1.54) is 17.4 Å². The molecule has 108 valence electrons. The summed E-state index contributed by atoms with van der Waals surface area (Å²) in [5.41, 5.74) is 0.148. The van der Waals surface area contributed by atoms with E-state index in [9.17, 15) is 13.2 Å². The van der Waals surface area contributed by atoms with Gasteiger partial charge in [-0.2, -0.15) is 0 Å². The van der Waals surface area contributed by atoms with Crippen LogP contribution in [0.5, 0.6) is 0 Å². The smallest absolute Gasteiger partial charge is 0.194 e. The van der Waals surface area contributed by atoms with E-state index >= 15 is 0 Å². The Morgan fingerprint density at radius 3 is 2.60 bits per heavy atom. The quantitative estimate of drug-likeness (QED) is 0.750. The first kappa shape index (κ1) is 15.5. The van der Waals surface area contributed by atoms with Gasteiger partial charge in [-0.1, -0.05) is 13.0 Å². The SMILES string of the molecule is CCNC(Cc1cc(Br)cs1)c1ccc(F)c(F)c1F. The van der Waals surface area contributed by atoms with Gasteiger partial charge >= 0.3 is 0 Å². The summed E-state index contributed by atoms with van der Waals surface area (Å²) in [5.74, 6) is -3.70. The van der Waals surface area contributed by atoms with Crippen molar-refractivity contribution in [1.82, 2.24) is 5.32 Å². The Labute approximate surface area is 128 Å². The van der Waals surface area contributed by atoms with Gasteiger partial charge in [-0.25, -0.2) is 13.2 Å². The van der Waals surface area contributed by atoms with E-state index in [0.29, 0.717) is 13.0 Å². The molecule has 2 aromatic rings. The highest BCUT2D eigenvalue weighted by Gasteiger charge is 2.21. The van der Waals surface area contributed by atoms with Gasteiger partial charge in [0.15, 0.2) is 17.5 Å². The number of benzene rings is 1. The predicted molar refractivity (Wildman–Crippen MR) is 78.5 cm³/mol. The van der Waals surface area contributed by atoms with E-state index in [0.717, 1.165) is 15.4 Å². The van der Waals surface area contributed by atoms with Crippen molar-refractivity contribution >= 4 is 27.3 Å². The molecule has 1 atom stereocenters. The number of halogens is 4. The van der Waals surface area contributed by atoms with E-state index in [1.54, 1.807) is 0 Å². The maximum absolute atomic E-state index is 13.9. The average molecular weight is 364 g/mol. The highest BCUT2D eigenvalue weighted by molar-refractivity contribution is 9.10. The Bertz CT molecular complexity index is 600. The van der Waals surface area contributed by atoms with Crippen LogP contribution in [0.15, 0.2) is 28.1 Å². The first-order chi connectivity index (χ1) is 9.52. The Kier molecular flexibility index (Phi) is 5.23. The van der Waals surface area contributed by atoms with Gasteiger partial charge in [0, 0.05) is 32.8 Å². The second-order valence-corrected chi connectivity index (χ2v) is 6.22. The van der Waals surface area contributed by atoms with Gasteiger partial charge < -0.3 is 5.32 Å². The fourth-order valence-electron chi connectivity index (χ4n) is 2.01. The first-order valence-corrected chi connectivity index (χ1v) is 7.79. The Morgan fingerprint density at radius 1 is 1.25 bits per heavy atom. The predicted octanol–water partition coefficient (Wildman–Crippen LogP) is 4.82. The topological polar surface area (TPSA) is 12.0 Å². The van der Waals surface area contributed by atoms with E-state index in [1.807, 2.05) is 18.4 Å². The summed E-state index contributed by atoms with van der Waals surface area (Å²) >= 11 is 4.89. The molecule has 1 aromatic carbocycles. The van der Waals surface area contributed by atoms with Gasteiger partial charge in [0.1, 0.15) is 0 Å². The van der Waals surface area contributed by atoms with Crippen LogP contribution in [-0.2, 0) is 6.42 Å². The molecule has 0 spiro atoms. The van der Waals surface area contributed by atoms with E-state index < -0.39 is 17.5 Å². The molecule has 6 heteroatoms. The van der Waals surface area contributed by atoms with Gasteiger partial charge in [0.25, 0.3) is 0 Å². The van der Waals surface area contributed by atoms with Gasteiger partial charge in [0.2, 0.25) is 0 Å². The molecule has 0 saturated heterocycles. The first-order valence-electron chi connectivity index (χ1n) is 6.12. The van der Waals surface area contributed by atoms with Crippen molar-refractivity contribution in [2.45, 2.75) is 19.4 Å². The van der Waals surface area contributed by atoms with Crippen molar-refractivity contribution in [2.75, 3.05) is 6.54 Å². The lowest BCUT2D eigenvalue weighted by Gasteiger charge is -2.18. The molecule has 1 heterocycles. The molecule has 0 aliphatic carbocycles. The van der Waals surface area contributed by atoms with Crippen molar-refractivity contribution in [3.8, 4) is 0 Å². The highest BCUT2D eigenvalue weighted by Crippen LogP contribution is 2.28. The minimum absolute atomic E-state index is 0.148. The number of likely N-dealkylation sites (N-methyl/N-ethyl adjacent to an activating group) is 1. The van der Waals surface area contributed by atoms with Crippen LogP contribution < -0.4 is 5.32 Å². The molecule has 1 aromatic heterocycles. The molecule has 20 heavy (non-hydrogen) atoms. The molecule has 0 bridgehead atoms. The summed E-state index contributed by atoms with van der Waals surface area (Å²) in [6.45, 7) is 2.49. The second-order valence-electron chi connectivity index (χ2n) is 4.31. The largest absolute Gasteiger partial charge is 0.310 e. The summed E-state index contributed by atoms with van der Waals surface area (Å²) in [4.78, 5) is 1.03. The lowest BCUT2D eigenvalue weighted by Crippen LogP contribution is -2.24. The third-order valence-electron chi connectivity index (χ3n) is 2.92. The maximum Gasteiger partial charge on any atom is 0.194 e. The molecular weight excluding hydrogens is 351 g/mol. The van der Waals surface area contributed by atoms with Crippen LogP contribution in [0.4, 0.5) is 13.2 Å². The van der Waals surface area contributed by atoms with Crippen molar-refractivity contribution in [2.24, 2.45) is 0 Å². The molecule has 2 rings (SSSR count). The van der Waals surface area contributed by atoms with Crippen LogP contribution in [0.1, 0.15) is 23.4 Å². The number of nitrogens with one attached hydrogen (secondary N) is 1. The molecule has 0 aliphatic rings. The summed E-state index contributed by atoms with van der Waals surface area (Å²) in [6.07, 6.45) is 0.520. The molecular formula is C14H13BrF3NS. The molecule has 0 radical (unpaired) electrons. The van der Waals surface area contributed by atoms with E-state index in [2.05, 4.69) is 21.2 Å². The fourth-order valence-corrected chi connectivity index (χ4v) is 3.51. The molecule has 0 saturated carbocycles. The molecule has 1 N–H and O–H groups in total. The minimum Gasteiger partial charge on any atom is -0.310 e. The van der Waals surface area contributed by atoms with E-state index in [-0.39, 0.29) is 11.6 Å². The van der Waals surface area contributed by atoms with Crippen LogP contribution in [0.3, 0.4) is 0 Å². The number of hydrogen-bond acceptors (Lipinski definition) is 2. The lowest BCUT2D eigenvalue weighted by atomic mass is 10.0. The van der Waals surface area contributed by atoms with E-state index in [4.69, 9.17) is 0 Å². The van der Waals surface area contributed by atoms with Gasteiger partial charge in [0.05, 0.1) is 0 Å². The third kappa shape index (κ3) is 3.42. The number of thiophene rings is 1. The summed E-state index contributed by atoms with van der Waals surface area (Å²) < 4.78 is 41.2. The van der Waals surface area contributed by atoms with Crippen LogP contribution >= 0.6 is 27.3 Å². The highest BCUT2D eigenvalue weighted by atomic mass is 79.9. The lowest BCUT2D eigenvalue weighted by molar-refractivity contribution is 0.425. The van der Waals surface area contributed by atoms with Crippen molar-refractivity contribution in [3.63, 3.8) is 0 Å². The Morgan fingerprint density at radius 2 is 2.00 bits per heavy atom. The minimum atomic E-state index is -1.42. The monoisotopic (exact) mass is 363 g/mol. The fraction of sp³-hybridized carbons (Fsp3) is 0.286. The molecule has 0 aliphatic heterocycles.